The first-order valence-electron chi connectivity index (χ1n) is 11.0. The zero-order valence-corrected chi connectivity index (χ0v) is 19.4. The molecule has 0 bridgehead atoms. The Hall–Kier alpha value is -2.40. The molecule has 2 aromatic rings. The monoisotopic (exact) mass is 475 g/mol. The van der Waals surface area contributed by atoms with Crippen LogP contribution in [0, 0.1) is 5.92 Å². The van der Waals surface area contributed by atoms with Crippen molar-refractivity contribution in [2.45, 2.75) is 69.0 Å². The minimum absolute atomic E-state index is 0.0827. The fourth-order valence-electron chi connectivity index (χ4n) is 4.82. The number of urea groups is 1. The zero-order valence-electron chi connectivity index (χ0n) is 17.8. The molecule has 4 amide bonds. The Morgan fingerprint density at radius 1 is 1.25 bits per heavy atom. The van der Waals surface area contributed by atoms with E-state index < -0.39 is 23.4 Å². The Balaban J connectivity index is 1.24. The number of aromatic amines is 1. The topological polar surface area (TPSA) is 124 Å². The minimum atomic E-state index is -0.903. The highest BCUT2D eigenvalue weighted by molar-refractivity contribution is 7.99. The van der Waals surface area contributed by atoms with Crippen LogP contribution in [0.3, 0.4) is 0 Å². The highest BCUT2D eigenvalue weighted by Gasteiger charge is 2.52. The first-order chi connectivity index (χ1) is 15.4. The van der Waals surface area contributed by atoms with E-state index in [1.807, 2.05) is 0 Å². The van der Waals surface area contributed by atoms with Crippen LogP contribution in [0.2, 0.25) is 0 Å². The molecule has 5 rings (SSSR count). The van der Waals surface area contributed by atoms with Crippen LogP contribution in [0.15, 0.2) is 9.95 Å². The quantitative estimate of drug-likeness (QED) is 0.355. The van der Waals surface area contributed by atoms with Crippen molar-refractivity contribution in [2.24, 2.45) is 5.92 Å². The average Bonchev–Trinajstić information content (AvgIpc) is 3.25. The summed E-state index contributed by atoms with van der Waals surface area (Å²) < 4.78 is 0. The molecule has 0 atom stereocenters. The summed E-state index contributed by atoms with van der Waals surface area (Å²) in [6, 6.07) is -0.597. The van der Waals surface area contributed by atoms with E-state index in [0.29, 0.717) is 34.1 Å². The Morgan fingerprint density at radius 3 is 2.78 bits per heavy atom. The number of amides is 4. The van der Waals surface area contributed by atoms with E-state index in [4.69, 9.17) is 0 Å². The van der Waals surface area contributed by atoms with Gasteiger partial charge in [0.1, 0.15) is 10.4 Å². The van der Waals surface area contributed by atoms with Gasteiger partial charge in [0.05, 0.1) is 11.1 Å². The highest BCUT2D eigenvalue weighted by atomic mass is 32.2. The maximum Gasteiger partial charge on any atom is 0.344 e. The van der Waals surface area contributed by atoms with Gasteiger partial charge in [-0.05, 0) is 62.8 Å². The molecule has 9 nitrogen and oxygen atoms in total. The number of nitrogens with zero attached hydrogens (tertiary/aromatic N) is 2. The van der Waals surface area contributed by atoms with Crippen molar-refractivity contribution in [2.75, 3.05) is 5.75 Å². The number of nitrogens with one attached hydrogen (secondary N) is 3. The lowest BCUT2D eigenvalue weighted by Gasteiger charge is -2.33. The van der Waals surface area contributed by atoms with Crippen LogP contribution in [0.25, 0.3) is 10.2 Å². The highest BCUT2D eigenvalue weighted by Crippen LogP contribution is 2.36. The first kappa shape index (κ1) is 21.4. The van der Waals surface area contributed by atoms with Gasteiger partial charge in [0.2, 0.25) is 5.91 Å². The molecular weight excluding hydrogens is 450 g/mol. The number of imide groups is 1. The van der Waals surface area contributed by atoms with Crippen LogP contribution >= 0.6 is 23.1 Å². The van der Waals surface area contributed by atoms with Gasteiger partial charge >= 0.3 is 6.03 Å². The van der Waals surface area contributed by atoms with Gasteiger partial charge in [-0.15, -0.1) is 11.3 Å². The number of hydrazine groups is 1. The molecule has 3 aliphatic rings. The lowest BCUT2D eigenvalue weighted by Crippen LogP contribution is -2.51. The van der Waals surface area contributed by atoms with E-state index in [0.717, 1.165) is 60.9 Å². The number of carbonyl (C=O) groups is 3. The van der Waals surface area contributed by atoms with E-state index in [1.165, 1.54) is 4.88 Å². The second-order valence-corrected chi connectivity index (χ2v) is 11.0. The van der Waals surface area contributed by atoms with Gasteiger partial charge in [-0.3, -0.25) is 19.8 Å². The molecule has 1 spiro atoms. The largest absolute Gasteiger partial charge is 0.344 e. The fourth-order valence-corrected chi connectivity index (χ4v) is 6.79. The SMILES string of the molecule is CC1CCC2(CC1)NC(=O)N(NC(=O)CSc1nc3sc4c(c3c(=O)[nH]1)CCCC4)C2=O. The molecule has 11 heteroatoms. The number of hydrogen-bond acceptors (Lipinski definition) is 7. The Kier molecular flexibility index (Phi) is 5.48. The number of carbonyl (C=O) groups excluding carboxylic acids is 3. The second-order valence-electron chi connectivity index (χ2n) is 8.92. The lowest BCUT2D eigenvalue weighted by atomic mass is 9.77. The van der Waals surface area contributed by atoms with Crippen LogP contribution in [-0.4, -0.2) is 44.1 Å². The summed E-state index contributed by atoms with van der Waals surface area (Å²) in [7, 11) is 0. The number of rotatable bonds is 4. The van der Waals surface area contributed by atoms with E-state index >= 15 is 0 Å². The van der Waals surface area contributed by atoms with E-state index in [2.05, 4.69) is 27.6 Å². The minimum Gasteiger partial charge on any atom is -0.322 e. The maximum atomic E-state index is 12.9. The number of hydrogen-bond donors (Lipinski definition) is 3. The molecule has 2 aromatic heterocycles. The van der Waals surface area contributed by atoms with Crippen LogP contribution in [0.5, 0.6) is 0 Å². The van der Waals surface area contributed by atoms with Gasteiger partial charge < -0.3 is 10.3 Å². The summed E-state index contributed by atoms with van der Waals surface area (Å²) in [4.78, 5) is 59.5. The number of thiophene rings is 1. The maximum absolute atomic E-state index is 12.9. The number of aryl methyl sites for hydroxylation is 2. The second kappa shape index (κ2) is 8.18. The van der Waals surface area contributed by atoms with Gasteiger partial charge in [-0.1, -0.05) is 18.7 Å². The predicted octanol–water partition coefficient (Wildman–Crippen LogP) is 2.49. The average molecular weight is 476 g/mol. The van der Waals surface area contributed by atoms with Crippen molar-refractivity contribution < 1.29 is 14.4 Å². The Labute approximate surface area is 192 Å². The van der Waals surface area contributed by atoms with Gasteiger partial charge in [-0.2, -0.15) is 5.01 Å². The smallest absolute Gasteiger partial charge is 0.322 e. The molecule has 32 heavy (non-hydrogen) atoms. The third-order valence-electron chi connectivity index (χ3n) is 6.67. The first-order valence-corrected chi connectivity index (χ1v) is 12.8. The summed E-state index contributed by atoms with van der Waals surface area (Å²) in [5.41, 5.74) is 2.45. The van der Waals surface area contributed by atoms with E-state index in [-0.39, 0.29) is 11.3 Å². The van der Waals surface area contributed by atoms with Crippen LogP contribution in [0.4, 0.5) is 4.79 Å². The van der Waals surface area contributed by atoms with Crippen LogP contribution in [0.1, 0.15) is 55.9 Å². The fraction of sp³-hybridized carbons (Fsp3) is 0.571. The molecular formula is C21H25N5O4S2. The summed E-state index contributed by atoms with van der Waals surface area (Å²) in [5.74, 6) is -0.468. The van der Waals surface area contributed by atoms with Crippen molar-refractivity contribution in [1.82, 2.24) is 25.7 Å². The van der Waals surface area contributed by atoms with Crippen molar-refractivity contribution in [3.63, 3.8) is 0 Å². The summed E-state index contributed by atoms with van der Waals surface area (Å²) >= 11 is 2.63. The van der Waals surface area contributed by atoms with Crippen molar-refractivity contribution in [3.05, 3.63) is 20.8 Å². The normalized spacial score (nSPS) is 25.3. The Bertz CT molecular complexity index is 1160. The number of aromatic nitrogens is 2. The van der Waals surface area contributed by atoms with Gasteiger partial charge in [0, 0.05) is 4.88 Å². The number of thioether (sulfide) groups is 1. The van der Waals surface area contributed by atoms with Crippen LogP contribution in [-0.2, 0) is 22.4 Å². The molecule has 3 N–H and O–H groups in total. The lowest BCUT2D eigenvalue weighted by molar-refractivity contribution is -0.139. The predicted molar refractivity (Wildman–Crippen MR) is 121 cm³/mol. The molecule has 3 heterocycles. The molecule has 1 saturated heterocycles. The number of H-pyrrole nitrogens is 1. The van der Waals surface area contributed by atoms with Gasteiger partial charge in [0.25, 0.3) is 11.5 Å². The molecule has 1 aliphatic heterocycles. The third-order valence-corrected chi connectivity index (χ3v) is 8.73. The van der Waals surface area contributed by atoms with Gasteiger partial charge in [0.15, 0.2) is 5.16 Å². The van der Waals surface area contributed by atoms with E-state index in [9.17, 15) is 19.2 Å². The molecule has 0 radical (unpaired) electrons. The Morgan fingerprint density at radius 2 is 2.00 bits per heavy atom. The number of fused-ring (bicyclic) bond motifs is 3. The molecule has 170 valence electrons. The molecule has 2 fully saturated rings. The zero-order chi connectivity index (χ0) is 22.5. The van der Waals surface area contributed by atoms with Gasteiger partial charge in [-0.25, -0.2) is 9.78 Å². The van der Waals surface area contributed by atoms with Crippen molar-refractivity contribution in [3.8, 4) is 0 Å². The molecule has 0 aromatic carbocycles. The molecule has 2 aliphatic carbocycles. The van der Waals surface area contributed by atoms with Crippen molar-refractivity contribution in [1.29, 1.82) is 0 Å². The standard InChI is InChI=1S/C21H25N5O4S2/c1-11-6-8-21(9-7-11)18(29)26(20(30)24-21)25-14(27)10-31-19-22-16(28)15-12-4-2-3-5-13(12)32-17(15)23-19/h11H,2-10H2,1H3,(H,24,30)(H,25,27)(H,22,23,28). The van der Waals surface area contributed by atoms with Crippen LogP contribution < -0.4 is 16.3 Å². The molecule has 0 unspecified atom stereocenters. The third kappa shape index (κ3) is 3.71. The molecule has 1 saturated carbocycles. The summed E-state index contributed by atoms with van der Waals surface area (Å²) in [6.45, 7) is 2.13. The van der Waals surface area contributed by atoms with Crippen molar-refractivity contribution >= 4 is 51.2 Å². The summed E-state index contributed by atoms with van der Waals surface area (Å²) in [6.07, 6.45) is 6.97. The summed E-state index contributed by atoms with van der Waals surface area (Å²) in [5, 5.41) is 4.60. The van der Waals surface area contributed by atoms with E-state index in [1.54, 1.807) is 11.3 Å².